The topological polar surface area (TPSA) is 45.7 Å². The smallest absolute Gasteiger partial charge is 0.311 e. The first-order valence-electron chi connectivity index (χ1n) is 7.15. The highest BCUT2D eigenvalue weighted by molar-refractivity contribution is 7.13. The normalized spacial score (nSPS) is 20.8. The van der Waals surface area contributed by atoms with E-state index in [-0.39, 0.29) is 12.4 Å². The van der Waals surface area contributed by atoms with Gasteiger partial charge in [-0.3, -0.25) is 4.79 Å². The molecule has 2 heterocycles. The number of carbonyl (C=O) groups is 1. The lowest BCUT2D eigenvalue weighted by molar-refractivity contribution is -0.142. The summed E-state index contributed by atoms with van der Waals surface area (Å²) < 4.78 is 4.96. The lowest BCUT2D eigenvalue weighted by Crippen LogP contribution is -2.37. The van der Waals surface area contributed by atoms with E-state index in [0.29, 0.717) is 12.6 Å². The Bertz CT molecular complexity index is 449. The molecule has 20 heavy (non-hydrogen) atoms. The monoisotopic (exact) mass is 297 g/mol. The van der Waals surface area contributed by atoms with E-state index in [1.165, 1.54) is 0 Å². The van der Waals surface area contributed by atoms with Gasteiger partial charge in [0, 0.05) is 24.5 Å². The van der Waals surface area contributed by atoms with Gasteiger partial charge in [0.1, 0.15) is 0 Å². The Balaban J connectivity index is 2.02. The molecule has 1 atom stereocenters. The molecular weight excluding hydrogens is 274 g/mol. The molecule has 1 aromatic heterocycles. The Morgan fingerprint density at radius 1 is 1.55 bits per heavy atom. The molecule has 0 radical (unpaired) electrons. The van der Waals surface area contributed by atoms with Crippen LogP contribution in [0.3, 0.4) is 0 Å². The molecule has 1 aliphatic rings. The number of likely N-dealkylation sites (N-methyl/N-ethyl adjacent to an activating group) is 1. The summed E-state index contributed by atoms with van der Waals surface area (Å²) >= 11 is 1.62. The van der Waals surface area contributed by atoms with Gasteiger partial charge in [0.2, 0.25) is 0 Å². The summed E-state index contributed by atoms with van der Waals surface area (Å²) in [5, 5.41) is 2.99. The Kier molecular flexibility index (Phi) is 5.37. The van der Waals surface area contributed by atoms with Crippen LogP contribution < -0.4 is 4.90 Å². The molecule has 1 aliphatic heterocycles. The van der Waals surface area contributed by atoms with Crippen molar-refractivity contribution in [1.82, 2.24) is 9.88 Å². The predicted molar refractivity (Wildman–Crippen MR) is 81.4 cm³/mol. The molecule has 112 valence electrons. The maximum absolute atomic E-state index is 11.5. The second-order valence-corrected chi connectivity index (χ2v) is 6.10. The van der Waals surface area contributed by atoms with Crippen LogP contribution in [0.4, 0.5) is 5.13 Å². The van der Waals surface area contributed by atoms with Crippen LogP contribution in [0.15, 0.2) is 5.38 Å². The lowest BCUT2D eigenvalue weighted by Gasteiger charge is -2.27. The van der Waals surface area contributed by atoms with Crippen LogP contribution in [-0.2, 0) is 16.0 Å². The standard InChI is InChI=1S/C14H23N3O2S/c1-4-19-13(18)8-12-10-20-14(15-12)17-7-5-6-16(3)9-11(17)2/h10-11H,4-9H2,1-3H3. The quantitative estimate of drug-likeness (QED) is 0.793. The first-order valence-corrected chi connectivity index (χ1v) is 8.03. The minimum absolute atomic E-state index is 0.201. The Morgan fingerprint density at radius 3 is 3.10 bits per heavy atom. The average molecular weight is 297 g/mol. The summed E-state index contributed by atoms with van der Waals surface area (Å²) in [5.74, 6) is -0.201. The molecule has 6 heteroatoms. The van der Waals surface area contributed by atoms with Gasteiger partial charge in [-0.15, -0.1) is 11.3 Å². The third-order valence-corrected chi connectivity index (χ3v) is 4.39. The highest BCUT2D eigenvalue weighted by Gasteiger charge is 2.22. The Labute approximate surface area is 124 Å². The van der Waals surface area contributed by atoms with Gasteiger partial charge in [-0.2, -0.15) is 0 Å². The van der Waals surface area contributed by atoms with Gasteiger partial charge in [-0.1, -0.05) is 0 Å². The predicted octanol–water partition coefficient (Wildman–Crippen LogP) is 1.78. The van der Waals surface area contributed by atoms with Gasteiger partial charge in [0.15, 0.2) is 5.13 Å². The average Bonchev–Trinajstić information content (AvgIpc) is 2.75. The van der Waals surface area contributed by atoms with Crippen molar-refractivity contribution >= 4 is 22.4 Å². The van der Waals surface area contributed by atoms with E-state index in [9.17, 15) is 4.79 Å². The summed E-state index contributed by atoms with van der Waals surface area (Å²) in [6.45, 7) is 7.67. The molecule has 1 saturated heterocycles. The van der Waals surface area contributed by atoms with Gasteiger partial charge in [0.05, 0.1) is 18.7 Å². The summed E-state index contributed by atoms with van der Waals surface area (Å²) in [5.41, 5.74) is 0.813. The maximum atomic E-state index is 11.5. The van der Waals surface area contributed by atoms with Crippen molar-refractivity contribution in [3.63, 3.8) is 0 Å². The van der Waals surface area contributed by atoms with Crippen LogP contribution in [0.25, 0.3) is 0 Å². The Morgan fingerprint density at radius 2 is 2.35 bits per heavy atom. The van der Waals surface area contributed by atoms with Gasteiger partial charge in [-0.05, 0) is 33.9 Å². The molecule has 5 nitrogen and oxygen atoms in total. The molecular formula is C14H23N3O2S. The lowest BCUT2D eigenvalue weighted by atomic mass is 10.3. The number of carbonyl (C=O) groups excluding carboxylic acids is 1. The van der Waals surface area contributed by atoms with Crippen molar-refractivity contribution in [3.8, 4) is 0 Å². The molecule has 0 N–H and O–H groups in total. The fourth-order valence-corrected chi connectivity index (χ4v) is 3.48. The molecule has 0 amide bonds. The van der Waals surface area contributed by atoms with E-state index in [2.05, 4.69) is 28.8 Å². The van der Waals surface area contributed by atoms with Crippen molar-refractivity contribution in [3.05, 3.63) is 11.1 Å². The number of nitrogens with zero attached hydrogens (tertiary/aromatic N) is 3. The highest BCUT2D eigenvalue weighted by Crippen LogP contribution is 2.24. The zero-order valence-corrected chi connectivity index (χ0v) is 13.3. The zero-order valence-electron chi connectivity index (χ0n) is 12.5. The van der Waals surface area contributed by atoms with Crippen molar-refractivity contribution in [2.45, 2.75) is 32.7 Å². The number of ether oxygens (including phenoxy) is 1. The molecule has 1 fully saturated rings. The van der Waals surface area contributed by atoms with Gasteiger partial charge < -0.3 is 14.5 Å². The summed E-state index contributed by atoms with van der Waals surface area (Å²) in [4.78, 5) is 20.8. The van der Waals surface area contributed by atoms with E-state index in [1.54, 1.807) is 11.3 Å². The molecule has 0 bridgehead atoms. The maximum Gasteiger partial charge on any atom is 0.311 e. The summed E-state index contributed by atoms with van der Waals surface area (Å²) in [7, 11) is 2.16. The highest BCUT2D eigenvalue weighted by atomic mass is 32.1. The number of thiazole rings is 1. The SMILES string of the molecule is CCOC(=O)Cc1csc(N2CCCN(C)CC2C)n1. The molecule has 1 aromatic rings. The van der Waals surface area contributed by atoms with E-state index < -0.39 is 0 Å². The summed E-state index contributed by atoms with van der Waals surface area (Å²) in [6.07, 6.45) is 1.42. The second kappa shape index (κ2) is 7.04. The van der Waals surface area contributed by atoms with Crippen LogP contribution in [0.5, 0.6) is 0 Å². The number of hydrogen-bond acceptors (Lipinski definition) is 6. The zero-order chi connectivity index (χ0) is 14.5. The molecule has 0 aliphatic carbocycles. The van der Waals surface area contributed by atoms with E-state index in [1.807, 2.05) is 12.3 Å². The van der Waals surface area contributed by atoms with Crippen molar-refractivity contribution in [2.75, 3.05) is 38.2 Å². The minimum Gasteiger partial charge on any atom is -0.466 e. The molecule has 0 saturated carbocycles. The summed E-state index contributed by atoms with van der Waals surface area (Å²) in [6, 6.07) is 0.448. The van der Waals surface area contributed by atoms with Crippen LogP contribution in [-0.4, -0.2) is 55.2 Å². The van der Waals surface area contributed by atoms with Crippen LogP contribution in [0, 0.1) is 0 Å². The Hall–Kier alpha value is -1.14. The number of hydrogen-bond donors (Lipinski definition) is 0. The van der Waals surface area contributed by atoms with Crippen LogP contribution >= 0.6 is 11.3 Å². The third kappa shape index (κ3) is 3.93. The first-order chi connectivity index (χ1) is 9.60. The molecule has 0 aromatic carbocycles. The van der Waals surface area contributed by atoms with E-state index in [0.717, 1.165) is 36.9 Å². The third-order valence-electron chi connectivity index (χ3n) is 3.46. The molecule has 0 spiro atoms. The van der Waals surface area contributed by atoms with Crippen molar-refractivity contribution < 1.29 is 9.53 Å². The second-order valence-electron chi connectivity index (χ2n) is 5.26. The van der Waals surface area contributed by atoms with Crippen molar-refractivity contribution in [2.24, 2.45) is 0 Å². The van der Waals surface area contributed by atoms with Crippen molar-refractivity contribution in [1.29, 1.82) is 0 Å². The largest absolute Gasteiger partial charge is 0.466 e. The first kappa shape index (κ1) is 15.3. The van der Waals surface area contributed by atoms with Gasteiger partial charge in [0.25, 0.3) is 0 Å². The van der Waals surface area contributed by atoms with Crippen LogP contribution in [0.2, 0.25) is 0 Å². The fourth-order valence-electron chi connectivity index (χ4n) is 2.53. The van der Waals surface area contributed by atoms with E-state index in [4.69, 9.17) is 4.74 Å². The number of aromatic nitrogens is 1. The fraction of sp³-hybridized carbons (Fsp3) is 0.714. The number of esters is 1. The molecule has 2 rings (SSSR count). The molecule has 1 unspecified atom stereocenters. The number of anilines is 1. The van der Waals surface area contributed by atoms with E-state index >= 15 is 0 Å². The van der Waals surface area contributed by atoms with Crippen LogP contribution in [0.1, 0.15) is 26.0 Å². The minimum atomic E-state index is -0.201. The van der Waals surface area contributed by atoms with Gasteiger partial charge >= 0.3 is 5.97 Å². The van der Waals surface area contributed by atoms with Gasteiger partial charge in [-0.25, -0.2) is 4.98 Å². The number of rotatable bonds is 4.